The molecule has 0 spiro atoms. The molecule has 2 rings (SSSR count). The fourth-order valence-corrected chi connectivity index (χ4v) is 2.46. The van der Waals surface area contributed by atoms with Crippen molar-refractivity contribution in [3.63, 3.8) is 0 Å². The number of amides is 3. The molecule has 0 aliphatic carbocycles. The van der Waals surface area contributed by atoms with Crippen LogP contribution in [0.5, 0.6) is 0 Å². The molecule has 0 unspecified atom stereocenters. The summed E-state index contributed by atoms with van der Waals surface area (Å²) in [5.74, 6) is -0.00448. The summed E-state index contributed by atoms with van der Waals surface area (Å²) in [5, 5.41) is 2.53. The number of carbonyl (C=O) groups is 2. The Morgan fingerprint density at radius 3 is 2.33 bits per heavy atom. The highest BCUT2D eigenvalue weighted by Gasteiger charge is 2.15. The normalized spacial score (nSPS) is 10.2. The molecule has 3 N–H and O–H groups in total. The fraction of sp³-hybridized carbons (Fsp3) is 0.263. The van der Waals surface area contributed by atoms with E-state index in [1.807, 2.05) is 55.1 Å². The Bertz CT molecular complexity index is 711. The van der Waals surface area contributed by atoms with Gasteiger partial charge in [-0.2, -0.15) is 0 Å². The number of carbonyl (C=O) groups excluding carboxylic acids is 2. The van der Waals surface area contributed by atoms with Crippen LogP contribution >= 0.6 is 0 Å². The first kappa shape index (κ1) is 17.5. The molecule has 24 heavy (non-hydrogen) atoms. The van der Waals surface area contributed by atoms with Gasteiger partial charge >= 0.3 is 6.03 Å². The third-order valence-corrected chi connectivity index (χ3v) is 3.96. The van der Waals surface area contributed by atoms with Gasteiger partial charge in [0.25, 0.3) is 5.91 Å². The third-order valence-electron chi connectivity index (χ3n) is 3.96. The Morgan fingerprint density at radius 2 is 1.75 bits per heavy atom. The van der Waals surface area contributed by atoms with Crippen LogP contribution in [0.3, 0.4) is 0 Å². The maximum atomic E-state index is 12.7. The Balaban J connectivity index is 2.08. The summed E-state index contributed by atoms with van der Waals surface area (Å²) in [4.78, 5) is 25.3. The van der Waals surface area contributed by atoms with Crippen molar-refractivity contribution in [3.8, 4) is 0 Å². The van der Waals surface area contributed by atoms with E-state index in [2.05, 4.69) is 5.32 Å². The van der Waals surface area contributed by atoms with E-state index in [0.717, 1.165) is 11.1 Å². The highest BCUT2D eigenvalue weighted by molar-refractivity contribution is 5.94. The van der Waals surface area contributed by atoms with Crippen LogP contribution in [0.25, 0.3) is 0 Å². The van der Waals surface area contributed by atoms with Gasteiger partial charge in [0.2, 0.25) is 0 Å². The average Bonchev–Trinajstić information content (AvgIpc) is 2.59. The second-order valence-corrected chi connectivity index (χ2v) is 5.66. The minimum Gasteiger partial charge on any atom is -0.352 e. The van der Waals surface area contributed by atoms with Crippen molar-refractivity contribution in [2.45, 2.75) is 26.9 Å². The molecule has 3 amide bonds. The Labute approximate surface area is 142 Å². The zero-order valence-corrected chi connectivity index (χ0v) is 14.1. The molecular formula is C19H23N3O2. The van der Waals surface area contributed by atoms with Gasteiger partial charge in [0.05, 0.1) is 0 Å². The molecule has 0 saturated heterocycles. The molecule has 0 aromatic heterocycles. The highest BCUT2D eigenvalue weighted by atomic mass is 16.2. The molecule has 0 fully saturated rings. The van der Waals surface area contributed by atoms with E-state index in [1.165, 1.54) is 5.56 Å². The van der Waals surface area contributed by atoms with Crippen LogP contribution in [0.4, 0.5) is 4.79 Å². The molecule has 126 valence electrons. The zero-order valence-electron chi connectivity index (χ0n) is 14.1. The Hall–Kier alpha value is -2.82. The van der Waals surface area contributed by atoms with Gasteiger partial charge in [-0.15, -0.1) is 0 Å². The summed E-state index contributed by atoms with van der Waals surface area (Å²) in [6, 6.07) is 14.7. The number of hydrogen-bond donors (Lipinski definition) is 2. The van der Waals surface area contributed by atoms with Gasteiger partial charge in [-0.25, -0.2) is 4.79 Å². The molecule has 0 radical (unpaired) electrons. The summed E-state index contributed by atoms with van der Waals surface area (Å²) < 4.78 is 0. The van der Waals surface area contributed by atoms with Gasteiger partial charge in [-0.05, 0) is 42.7 Å². The SMILES string of the molecule is CCN(Cc1ccccc1C)C(=O)c1ccc(CNC(N)=O)cc1. The van der Waals surface area contributed by atoms with Crippen LogP contribution in [0, 0.1) is 6.92 Å². The van der Waals surface area contributed by atoms with Crippen LogP contribution in [0.2, 0.25) is 0 Å². The van der Waals surface area contributed by atoms with E-state index < -0.39 is 6.03 Å². The first-order valence-corrected chi connectivity index (χ1v) is 7.97. The largest absolute Gasteiger partial charge is 0.352 e. The molecule has 5 nitrogen and oxygen atoms in total. The number of nitrogens with two attached hydrogens (primary N) is 1. The Kier molecular flexibility index (Phi) is 5.95. The number of rotatable bonds is 6. The van der Waals surface area contributed by atoms with Crippen molar-refractivity contribution in [2.75, 3.05) is 6.54 Å². The van der Waals surface area contributed by atoms with E-state index >= 15 is 0 Å². The molecule has 0 aliphatic rings. The monoisotopic (exact) mass is 325 g/mol. The number of aryl methyl sites for hydroxylation is 1. The number of nitrogens with one attached hydrogen (secondary N) is 1. The van der Waals surface area contributed by atoms with Crippen molar-refractivity contribution in [3.05, 3.63) is 70.8 Å². The number of benzene rings is 2. The lowest BCUT2D eigenvalue weighted by Crippen LogP contribution is -2.30. The van der Waals surface area contributed by atoms with E-state index in [1.54, 1.807) is 12.1 Å². The van der Waals surface area contributed by atoms with Gasteiger partial charge in [-0.3, -0.25) is 4.79 Å². The quantitative estimate of drug-likeness (QED) is 0.857. The first-order chi connectivity index (χ1) is 11.5. The lowest BCUT2D eigenvalue weighted by atomic mass is 10.1. The van der Waals surface area contributed by atoms with E-state index in [-0.39, 0.29) is 5.91 Å². The topological polar surface area (TPSA) is 75.4 Å². The van der Waals surface area contributed by atoms with Gasteiger partial charge in [0.15, 0.2) is 0 Å². The predicted octanol–water partition coefficient (Wildman–Crippen LogP) is 2.83. The second kappa shape index (κ2) is 8.15. The van der Waals surface area contributed by atoms with E-state index in [9.17, 15) is 9.59 Å². The van der Waals surface area contributed by atoms with Crippen molar-refractivity contribution >= 4 is 11.9 Å². The summed E-state index contributed by atoms with van der Waals surface area (Å²) in [6.07, 6.45) is 0. The van der Waals surface area contributed by atoms with Crippen LogP contribution in [-0.4, -0.2) is 23.4 Å². The zero-order chi connectivity index (χ0) is 17.5. The maximum absolute atomic E-state index is 12.7. The standard InChI is InChI=1S/C19H23N3O2/c1-3-22(13-17-7-5-4-6-14(17)2)18(23)16-10-8-15(9-11-16)12-21-19(20)24/h4-11H,3,12-13H2,1-2H3,(H3,20,21,24). The molecule has 0 bridgehead atoms. The summed E-state index contributed by atoms with van der Waals surface area (Å²) in [5.41, 5.74) is 8.90. The fourth-order valence-electron chi connectivity index (χ4n) is 2.46. The lowest BCUT2D eigenvalue weighted by molar-refractivity contribution is 0.0752. The molecule has 0 atom stereocenters. The van der Waals surface area contributed by atoms with Gasteiger partial charge in [0, 0.05) is 25.2 Å². The van der Waals surface area contributed by atoms with Crippen molar-refractivity contribution in [2.24, 2.45) is 5.73 Å². The molecule has 0 saturated carbocycles. The van der Waals surface area contributed by atoms with Crippen LogP contribution in [0.15, 0.2) is 48.5 Å². The number of primary amides is 1. The second-order valence-electron chi connectivity index (χ2n) is 5.66. The molecule has 0 heterocycles. The van der Waals surface area contributed by atoms with Gasteiger partial charge < -0.3 is 16.0 Å². The lowest BCUT2D eigenvalue weighted by Gasteiger charge is -2.22. The number of nitrogens with zero attached hydrogens (tertiary/aromatic N) is 1. The minimum atomic E-state index is -0.564. The molecular weight excluding hydrogens is 302 g/mol. The number of urea groups is 1. The minimum absolute atomic E-state index is 0.00448. The average molecular weight is 325 g/mol. The van der Waals surface area contributed by atoms with E-state index in [4.69, 9.17) is 5.73 Å². The van der Waals surface area contributed by atoms with Crippen LogP contribution < -0.4 is 11.1 Å². The van der Waals surface area contributed by atoms with Crippen molar-refractivity contribution < 1.29 is 9.59 Å². The molecule has 2 aromatic carbocycles. The smallest absolute Gasteiger partial charge is 0.312 e. The summed E-state index contributed by atoms with van der Waals surface area (Å²) >= 11 is 0. The van der Waals surface area contributed by atoms with Crippen molar-refractivity contribution in [1.29, 1.82) is 0 Å². The molecule has 5 heteroatoms. The van der Waals surface area contributed by atoms with Crippen molar-refractivity contribution in [1.82, 2.24) is 10.2 Å². The molecule has 0 aliphatic heterocycles. The maximum Gasteiger partial charge on any atom is 0.312 e. The third kappa shape index (κ3) is 4.59. The van der Waals surface area contributed by atoms with Crippen LogP contribution in [0.1, 0.15) is 34.0 Å². The predicted molar refractivity (Wildman–Crippen MR) is 94.5 cm³/mol. The van der Waals surface area contributed by atoms with E-state index in [0.29, 0.717) is 25.2 Å². The highest BCUT2D eigenvalue weighted by Crippen LogP contribution is 2.14. The van der Waals surface area contributed by atoms with Gasteiger partial charge in [-0.1, -0.05) is 36.4 Å². The number of hydrogen-bond acceptors (Lipinski definition) is 2. The Morgan fingerprint density at radius 1 is 1.08 bits per heavy atom. The van der Waals surface area contributed by atoms with Crippen LogP contribution in [-0.2, 0) is 13.1 Å². The molecule has 2 aromatic rings. The van der Waals surface area contributed by atoms with Gasteiger partial charge in [0.1, 0.15) is 0 Å². The summed E-state index contributed by atoms with van der Waals surface area (Å²) in [6.45, 7) is 5.60. The summed E-state index contributed by atoms with van der Waals surface area (Å²) in [7, 11) is 0. The first-order valence-electron chi connectivity index (χ1n) is 7.97.